The molecule has 2 heterocycles. The molecule has 1 N–H and O–H groups in total. The minimum absolute atomic E-state index is 0.343. The number of ether oxygens (including phenoxy) is 1. The Hall–Kier alpha value is -0.870. The summed E-state index contributed by atoms with van der Waals surface area (Å²) in [6.45, 7) is 3.58. The zero-order valence-corrected chi connectivity index (χ0v) is 11.3. The van der Waals surface area contributed by atoms with Crippen LogP contribution in [0, 0.1) is 6.92 Å². The van der Waals surface area contributed by atoms with Crippen molar-refractivity contribution in [3.05, 3.63) is 16.5 Å². The van der Waals surface area contributed by atoms with E-state index in [1.165, 1.54) is 12.8 Å². The Morgan fingerprint density at radius 1 is 1.28 bits per heavy atom. The highest BCUT2D eigenvalue weighted by Crippen LogP contribution is 2.39. The molecule has 18 heavy (non-hydrogen) atoms. The highest BCUT2D eigenvalue weighted by molar-refractivity contribution is 6.30. The number of nitrogens with one attached hydrogen (secondary N) is 1. The van der Waals surface area contributed by atoms with E-state index in [1.807, 2.05) is 6.92 Å². The van der Waals surface area contributed by atoms with Crippen LogP contribution >= 0.6 is 11.6 Å². The fourth-order valence-electron chi connectivity index (χ4n) is 2.22. The van der Waals surface area contributed by atoms with Crippen LogP contribution in [-0.4, -0.2) is 29.2 Å². The van der Waals surface area contributed by atoms with Crippen molar-refractivity contribution in [2.24, 2.45) is 0 Å². The highest BCUT2D eigenvalue weighted by atomic mass is 35.5. The molecule has 1 aromatic heterocycles. The monoisotopic (exact) mass is 267 g/mol. The number of nitrogens with zero attached hydrogens (tertiary/aromatic N) is 2. The highest BCUT2D eigenvalue weighted by Gasteiger charge is 2.28. The second-order valence-corrected chi connectivity index (χ2v) is 5.54. The van der Waals surface area contributed by atoms with Gasteiger partial charge in [0.05, 0.1) is 12.6 Å². The molecular weight excluding hydrogens is 250 g/mol. The fourth-order valence-corrected chi connectivity index (χ4v) is 2.39. The van der Waals surface area contributed by atoms with Crippen LogP contribution in [0.15, 0.2) is 0 Å². The second-order valence-electron chi connectivity index (χ2n) is 5.18. The van der Waals surface area contributed by atoms with Crippen LogP contribution in [0.5, 0.6) is 0 Å². The lowest BCUT2D eigenvalue weighted by molar-refractivity contribution is 0.0875. The summed E-state index contributed by atoms with van der Waals surface area (Å²) in [6.07, 6.45) is 4.60. The lowest BCUT2D eigenvalue weighted by Crippen LogP contribution is -2.30. The van der Waals surface area contributed by atoms with Crippen molar-refractivity contribution in [1.82, 2.24) is 9.97 Å². The van der Waals surface area contributed by atoms with Crippen LogP contribution in [0.4, 0.5) is 5.82 Å². The van der Waals surface area contributed by atoms with Gasteiger partial charge in [0.1, 0.15) is 16.8 Å². The molecule has 1 saturated carbocycles. The van der Waals surface area contributed by atoms with E-state index in [-0.39, 0.29) is 0 Å². The Balaban J connectivity index is 1.80. The maximum absolute atomic E-state index is 6.19. The average Bonchev–Trinajstić information content (AvgIpc) is 3.20. The largest absolute Gasteiger partial charge is 0.379 e. The topological polar surface area (TPSA) is 47.0 Å². The number of anilines is 1. The quantitative estimate of drug-likeness (QED) is 0.856. The predicted octanol–water partition coefficient (Wildman–Crippen LogP) is 2.91. The molecule has 3 rings (SSSR count). The van der Waals surface area contributed by atoms with Crippen LogP contribution in [0.3, 0.4) is 0 Å². The molecule has 98 valence electrons. The van der Waals surface area contributed by atoms with Gasteiger partial charge in [0, 0.05) is 18.1 Å². The molecule has 4 nitrogen and oxygen atoms in total. The van der Waals surface area contributed by atoms with Crippen LogP contribution in [-0.2, 0) is 4.74 Å². The van der Waals surface area contributed by atoms with Gasteiger partial charge in [-0.1, -0.05) is 11.6 Å². The van der Waals surface area contributed by atoms with Crippen LogP contribution in [0.2, 0.25) is 5.15 Å². The van der Waals surface area contributed by atoms with Gasteiger partial charge in [-0.2, -0.15) is 0 Å². The number of halogens is 1. The molecule has 2 fully saturated rings. The third kappa shape index (κ3) is 2.59. The van der Waals surface area contributed by atoms with Gasteiger partial charge in [0.25, 0.3) is 0 Å². The van der Waals surface area contributed by atoms with E-state index in [0.29, 0.717) is 17.1 Å². The van der Waals surface area contributed by atoms with E-state index in [9.17, 15) is 0 Å². The van der Waals surface area contributed by atoms with Crippen molar-refractivity contribution in [2.45, 2.75) is 44.6 Å². The van der Waals surface area contributed by atoms with Gasteiger partial charge < -0.3 is 10.1 Å². The van der Waals surface area contributed by atoms with Crippen LogP contribution in [0.25, 0.3) is 0 Å². The van der Waals surface area contributed by atoms with Crippen molar-refractivity contribution in [3.63, 3.8) is 0 Å². The summed E-state index contributed by atoms with van der Waals surface area (Å²) in [4.78, 5) is 9.00. The van der Waals surface area contributed by atoms with Gasteiger partial charge in [-0.3, -0.25) is 0 Å². The SMILES string of the molecule is Cc1c(Cl)nc(C2CC2)nc1NC1CCCOC1. The third-order valence-corrected chi connectivity index (χ3v) is 3.92. The van der Waals surface area contributed by atoms with Crippen LogP contribution < -0.4 is 5.32 Å². The van der Waals surface area contributed by atoms with Crippen molar-refractivity contribution >= 4 is 17.4 Å². The van der Waals surface area contributed by atoms with E-state index in [1.54, 1.807) is 0 Å². The molecule has 0 radical (unpaired) electrons. The van der Waals surface area contributed by atoms with Gasteiger partial charge in [-0.15, -0.1) is 0 Å². The molecule has 0 bridgehead atoms. The average molecular weight is 268 g/mol. The van der Waals surface area contributed by atoms with Gasteiger partial charge in [0.15, 0.2) is 0 Å². The minimum atomic E-state index is 0.343. The summed E-state index contributed by atoms with van der Waals surface area (Å²) < 4.78 is 5.48. The summed E-state index contributed by atoms with van der Waals surface area (Å²) >= 11 is 6.19. The molecule has 1 aliphatic heterocycles. The summed E-state index contributed by atoms with van der Waals surface area (Å²) in [7, 11) is 0. The van der Waals surface area contributed by atoms with Gasteiger partial charge >= 0.3 is 0 Å². The maximum atomic E-state index is 6.19. The first-order valence-corrected chi connectivity index (χ1v) is 7.00. The van der Waals surface area contributed by atoms with Gasteiger partial charge in [-0.25, -0.2) is 9.97 Å². The normalized spacial score (nSPS) is 24.0. The molecular formula is C13H18ClN3O. The molecule has 1 unspecified atom stereocenters. The maximum Gasteiger partial charge on any atom is 0.137 e. The zero-order chi connectivity index (χ0) is 12.5. The molecule has 1 aliphatic carbocycles. The number of aromatic nitrogens is 2. The predicted molar refractivity (Wildman–Crippen MR) is 71.2 cm³/mol. The molecule has 1 aromatic rings. The zero-order valence-electron chi connectivity index (χ0n) is 10.6. The summed E-state index contributed by atoms with van der Waals surface area (Å²) in [5.74, 6) is 2.29. The Kier molecular flexibility index (Phi) is 3.39. The standard InChI is InChI=1S/C13H18ClN3O/c1-8-11(14)16-13(9-4-5-9)17-12(8)15-10-3-2-6-18-7-10/h9-10H,2-7H2,1H3,(H,15,16,17). The van der Waals surface area contributed by atoms with Crippen LogP contribution in [0.1, 0.15) is 43.0 Å². The molecule has 0 amide bonds. The lowest BCUT2D eigenvalue weighted by Gasteiger charge is -2.24. The third-order valence-electron chi connectivity index (χ3n) is 3.55. The number of hydrogen-bond donors (Lipinski definition) is 1. The fraction of sp³-hybridized carbons (Fsp3) is 0.692. The van der Waals surface area contributed by atoms with E-state index in [4.69, 9.17) is 16.3 Å². The Labute approximate surface area is 112 Å². The van der Waals surface area contributed by atoms with Crippen molar-refractivity contribution in [1.29, 1.82) is 0 Å². The van der Waals surface area contributed by atoms with Gasteiger partial charge in [-0.05, 0) is 32.6 Å². The Morgan fingerprint density at radius 2 is 2.11 bits per heavy atom. The number of rotatable bonds is 3. The van der Waals surface area contributed by atoms with E-state index >= 15 is 0 Å². The summed E-state index contributed by atoms with van der Waals surface area (Å²) in [6, 6.07) is 0.343. The molecule has 2 aliphatic rings. The van der Waals surface area contributed by atoms with E-state index in [0.717, 1.165) is 43.3 Å². The first kappa shape index (κ1) is 12.2. The molecule has 5 heteroatoms. The molecule has 0 aromatic carbocycles. The van der Waals surface area contributed by atoms with Crippen molar-refractivity contribution < 1.29 is 4.74 Å². The summed E-state index contributed by atoms with van der Waals surface area (Å²) in [5, 5.41) is 4.03. The number of hydrogen-bond acceptors (Lipinski definition) is 4. The second kappa shape index (κ2) is 5.02. The van der Waals surface area contributed by atoms with Gasteiger partial charge in [0.2, 0.25) is 0 Å². The van der Waals surface area contributed by atoms with E-state index in [2.05, 4.69) is 15.3 Å². The lowest BCUT2D eigenvalue weighted by atomic mass is 10.1. The van der Waals surface area contributed by atoms with E-state index < -0.39 is 0 Å². The van der Waals surface area contributed by atoms with Crippen molar-refractivity contribution in [3.8, 4) is 0 Å². The van der Waals surface area contributed by atoms with Crippen molar-refractivity contribution in [2.75, 3.05) is 18.5 Å². The minimum Gasteiger partial charge on any atom is -0.379 e. The first-order chi connectivity index (χ1) is 8.74. The first-order valence-electron chi connectivity index (χ1n) is 6.62. The Bertz CT molecular complexity index is 442. The molecule has 1 saturated heterocycles. The molecule has 1 atom stereocenters. The smallest absolute Gasteiger partial charge is 0.137 e. The molecule has 0 spiro atoms. The Morgan fingerprint density at radius 3 is 2.78 bits per heavy atom. The summed E-state index contributed by atoms with van der Waals surface area (Å²) in [5.41, 5.74) is 0.937.